The number of carbonyl (C=O) groups is 1. The minimum Gasteiger partial charge on any atom is -0.308 e. The van der Waals surface area contributed by atoms with E-state index in [9.17, 15) is 13.2 Å². The van der Waals surface area contributed by atoms with Crippen molar-refractivity contribution in [3.8, 4) is 0 Å². The molecule has 0 spiro atoms. The number of hydrogen-bond donors (Lipinski definition) is 0. The van der Waals surface area contributed by atoms with Gasteiger partial charge in [-0.25, -0.2) is 8.42 Å². The molecule has 2 fully saturated rings. The highest BCUT2D eigenvalue weighted by Gasteiger charge is 2.49. The van der Waals surface area contributed by atoms with Crippen molar-refractivity contribution in [3.63, 3.8) is 0 Å². The van der Waals surface area contributed by atoms with E-state index in [2.05, 4.69) is 13.8 Å². The van der Waals surface area contributed by atoms with Crippen LogP contribution in [0.5, 0.6) is 0 Å². The van der Waals surface area contributed by atoms with Gasteiger partial charge in [-0.05, 0) is 23.6 Å². The summed E-state index contributed by atoms with van der Waals surface area (Å²) < 4.78 is 23.5. The molecule has 2 aliphatic rings. The Hall–Kier alpha value is -1.36. The van der Waals surface area contributed by atoms with Gasteiger partial charge >= 0.3 is 0 Å². The van der Waals surface area contributed by atoms with Crippen molar-refractivity contribution in [1.82, 2.24) is 0 Å². The lowest BCUT2D eigenvalue weighted by Crippen LogP contribution is -2.36. The summed E-state index contributed by atoms with van der Waals surface area (Å²) in [7, 11) is -2.99. The molecule has 0 radical (unpaired) electrons. The second kappa shape index (κ2) is 4.58. The van der Waals surface area contributed by atoms with Crippen LogP contribution in [0, 0.1) is 5.92 Å². The maximum Gasteiger partial charge on any atom is 0.227 e. The topological polar surface area (TPSA) is 54.5 Å². The van der Waals surface area contributed by atoms with Gasteiger partial charge in [0.2, 0.25) is 5.91 Å². The Morgan fingerprint density at radius 2 is 1.80 bits per heavy atom. The van der Waals surface area contributed by atoms with E-state index in [0.29, 0.717) is 12.3 Å². The number of nitrogens with zero attached hydrogens (tertiary/aromatic N) is 1. The molecule has 0 bridgehead atoms. The molecule has 5 heteroatoms. The third-order valence-corrected chi connectivity index (χ3v) is 6.10. The highest BCUT2D eigenvalue weighted by Crippen LogP contribution is 2.37. The molecule has 108 valence electrons. The Balaban J connectivity index is 1.91. The average molecular weight is 293 g/mol. The molecular formula is C15H19NO3S. The molecule has 1 amide bonds. The van der Waals surface area contributed by atoms with Gasteiger partial charge in [0.15, 0.2) is 9.84 Å². The summed E-state index contributed by atoms with van der Waals surface area (Å²) in [6.07, 6.45) is 0.357. The predicted octanol–water partition coefficient (Wildman–Crippen LogP) is 1.96. The van der Waals surface area contributed by atoms with Crippen LogP contribution in [0.15, 0.2) is 24.3 Å². The van der Waals surface area contributed by atoms with Crippen molar-refractivity contribution in [2.24, 2.45) is 5.92 Å². The Morgan fingerprint density at radius 1 is 1.15 bits per heavy atom. The van der Waals surface area contributed by atoms with E-state index in [-0.39, 0.29) is 29.4 Å². The summed E-state index contributed by atoms with van der Waals surface area (Å²) in [5.41, 5.74) is 2.04. The molecule has 0 aromatic heterocycles. The number of fused-ring (bicyclic) bond motifs is 1. The van der Waals surface area contributed by atoms with Crippen LogP contribution < -0.4 is 4.90 Å². The first kappa shape index (κ1) is 13.6. The van der Waals surface area contributed by atoms with E-state index < -0.39 is 9.84 Å². The number of rotatable bonds is 2. The highest BCUT2D eigenvalue weighted by atomic mass is 32.2. The maximum absolute atomic E-state index is 12.1. The van der Waals surface area contributed by atoms with Gasteiger partial charge in [0.05, 0.1) is 17.5 Å². The molecule has 1 aromatic rings. The number of carbonyl (C=O) groups excluding carboxylic acids is 1. The standard InChI is InChI=1S/C15H19NO3S/c1-10(2)11-3-5-13(6-4-11)16-14-9-20(18,19)8-12(14)7-15(16)17/h3-6,10,12,14H,7-9H2,1-2H3/t12-,14-/m0/s1. The number of sulfone groups is 1. The molecule has 4 nitrogen and oxygen atoms in total. The van der Waals surface area contributed by atoms with Gasteiger partial charge in [-0.3, -0.25) is 4.79 Å². The van der Waals surface area contributed by atoms with Crippen molar-refractivity contribution in [1.29, 1.82) is 0 Å². The molecular weight excluding hydrogens is 274 g/mol. The predicted molar refractivity (Wildman–Crippen MR) is 78.6 cm³/mol. The lowest BCUT2D eigenvalue weighted by atomic mass is 10.0. The number of anilines is 1. The summed E-state index contributed by atoms with van der Waals surface area (Å²) >= 11 is 0. The second-order valence-electron chi connectivity index (χ2n) is 6.12. The lowest BCUT2D eigenvalue weighted by Gasteiger charge is -2.23. The van der Waals surface area contributed by atoms with Crippen LogP contribution in [0.1, 0.15) is 31.7 Å². The Kier molecular flexibility index (Phi) is 3.12. The molecule has 2 saturated heterocycles. The Labute approximate surface area is 119 Å². The van der Waals surface area contributed by atoms with E-state index >= 15 is 0 Å². The SMILES string of the molecule is CC(C)c1ccc(N2C(=O)C[C@H]3CS(=O)(=O)C[C@@H]32)cc1. The van der Waals surface area contributed by atoms with E-state index in [0.717, 1.165) is 5.69 Å². The first-order chi connectivity index (χ1) is 9.37. The summed E-state index contributed by atoms with van der Waals surface area (Å²) in [4.78, 5) is 13.8. The fraction of sp³-hybridized carbons (Fsp3) is 0.533. The fourth-order valence-electron chi connectivity index (χ4n) is 3.24. The van der Waals surface area contributed by atoms with Crippen LogP contribution in [-0.2, 0) is 14.6 Å². The highest BCUT2D eigenvalue weighted by molar-refractivity contribution is 7.91. The van der Waals surface area contributed by atoms with Gasteiger partial charge in [-0.15, -0.1) is 0 Å². The second-order valence-corrected chi connectivity index (χ2v) is 8.27. The number of hydrogen-bond acceptors (Lipinski definition) is 3. The zero-order valence-corrected chi connectivity index (χ0v) is 12.6. The molecule has 0 unspecified atom stereocenters. The largest absolute Gasteiger partial charge is 0.308 e. The van der Waals surface area contributed by atoms with Gasteiger partial charge in [-0.1, -0.05) is 26.0 Å². The summed E-state index contributed by atoms with van der Waals surface area (Å²) in [5, 5.41) is 0. The van der Waals surface area contributed by atoms with Gasteiger partial charge in [0.25, 0.3) is 0 Å². The molecule has 0 aliphatic carbocycles. The zero-order valence-electron chi connectivity index (χ0n) is 11.7. The zero-order chi connectivity index (χ0) is 14.5. The third-order valence-electron chi connectivity index (χ3n) is 4.31. The minimum absolute atomic E-state index is 0.0303. The Morgan fingerprint density at radius 3 is 2.40 bits per heavy atom. The first-order valence-corrected chi connectivity index (χ1v) is 8.82. The number of amides is 1. The molecule has 1 aromatic carbocycles. The molecule has 2 atom stereocenters. The van der Waals surface area contributed by atoms with Crippen LogP contribution in [0.4, 0.5) is 5.69 Å². The quantitative estimate of drug-likeness (QED) is 0.837. The maximum atomic E-state index is 12.1. The van der Waals surface area contributed by atoms with Gasteiger partial charge in [0.1, 0.15) is 0 Å². The van der Waals surface area contributed by atoms with Crippen LogP contribution >= 0.6 is 0 Å². The van der Waals surface area contributed by atoms with Crippen molar-refractivity contribution in [2.45, 2.75) is 32.2 Å². The van der Waals surface area contributed by atoms with Gasteiger partial charge in [-0.2, -0.15) is 0 Å². The third kappa shape index (κ3) is 2.24. The fourth-order valence-corrected chi connectivity index (χ4v) is 5.31. The van der Waals surface area contributed by atoms with Crippen LogP contribution in [0.2, 0.25) is 0 Å². The molecule has 0 N–H and O–H groups in total. The summed E-state index contributed by atoms with van der Waals surface area (Å²) in [5.74, 6) is 0.724. The van der Waals surface area contributed by atoms with E-state index in [1.807, 2.05) is 24.3 Å². The molecule has 2 aliphatic heterocycles. The van der Waals surface area contributed by atoms with Crippen molar-refractivity contribution < 1.29 is 13.2 Å². The van der Waals surface area contributed by atoms with Gasteiger partial charge < -0.3 is 4.90 Å². The van der Waals surface area contributed by atoms with E-state index in [4.69, 9.17) is 0 Å². The van der Waals surface area contributed by atoms with Crippen LogP contribution in [-0.4, -0.2) is 31.9 Å². The van der Waals surface area contributed by atoms with Gasteiger partial charge in [0, 0.05) is 18.0 Å². The van der Waals surface area contributed by atoms with Crippen molar-refractivity contribution in [3.05, 3.63) is 29.8 Å². The van der Waals surface area contributed by atoms with Crippen molar-refractivity contribution in [2.75, 3.05) is 16.4 Å². The first-order valence-electron chi connectivity index (χ1n) is 7.00. The van der Waals surface area contributed by atoms with E-state index in [1.165, 1.54) is 5.56 Å². The monoisotopic (exact) mass is 293 g/mol. The molecule has 20 heavy (non-hydrogen) atoms. The lowest BCUT2D eigenvalue weighted by molar-refractivity contribution is -0.117. The normalized spacial score (nSPS) is 28.1. The summed E-state index contributed by atoms with van der Waals surface area (Å²) in [6.45, 7) is 4.24. The number of benzene rings is 1. The Bertz CT molecular complexity index is 634. The minimum atomic E-state index is -2.99. The van der Waals surface area contributed by atoms with Crippen LogP contribution in [0.3, 0.4) is 0 Å². The smallest absolute Gasteiger partial charge is 0.227 e. The summed E-state index contributed by atoms with van der Waals surface area (Å²) in [6, 6.07) is 7.73. The average Bonchev–Trinajstić information content (AvgIpc) is 2.79. The molecule has 2 heterocycles. The molecule has 3 rings (SSSR count). The van der Waals surface area contributed by atoms with E-state index in [1.54, 1.807) is 4.90 Å². The van der Waals surface area contributed by atoms with Crippen LogP contribution in [0.25, 0.3) is 0 Å². The molecule has 0 saturated carbocycles. The van der Waals surface area contributed by atoms with Crippen molar-refractivity contribution >= 4 is 21.4 Å².